The molecule has 0 radical (unpaired) electrons. The summed E-state index contributed by atoms with van der Waals surface area (Å²) >= 11 is 0. The van der Waals surface area contributed by atoms with E-state index in [4.69, 9.17) is 9.47 Å². The number of esters is 1. The Morgan fingerprint density at radius 2 is 2.04 bits per heavy atom. The molecule has 0 N–H and O–H groups in total. The molecule has 1 aliphatic rings. The molecule has 3 heteroatoms. The Morgan fingerprint density at radius 3 is 2.83 bits per heavy atom. The summed E-state index contributed by atoms with van der Waals surface area (Å²) in [5, 5.41) is 0. The van der Waals surface area contributed by atoms with E-state index in [1.807, 2.05) is 43.4 Å². The zero-order valence-corrected chi connectivity index (χ0v) is 14.5. The minimum absolute atomic E-state index is 0.304. The first-order valence-electron chi connectivity index (χ1n) is 8.23. The van der Waals surface area contributed by atoms with Crippen molar-refractivity contribution in [2.24, 2.45) is 0 Å². The number of carbonyl (C=O) groups is 1. The molecule has 1 aromatic rings. The molecule has 0 atom stereocenters. The molecule has 2 rings (SSSR count). The highest BCUT2D eigenvalue weighted by molar-refractivity contribution is 5.83. The molecule has 1 aromatic carbocycles. The van der Waals surface area contributed by atoms with Crippen LogP contribution in [-0.2, 0) is 9.53 Å². The normalized spacial score (nSPS) is 16.9. The molecule has 24 heavy (non-hydrogen) atoms. The third kappa shape index (κ3) is 5.27. The zero-order valence-electron chi connectivity index (χ0n) is 14.5. The predicted molar refractivity (Wildman–Crippen MR) is 97.8 cm³/mol. The summed E-state index contributed by atoms with van der Waals surface area (Å²) in [5.74, 6) is 0.646. The average molecular weight is 324 g/mol. The first-order valence-corrected chi connectivity index (χ1v) is 8.23. The van der Waals surface area contributed by atoms with E-state index in [1.54, 1.807) is 6.92 Å². The van der Waals surface area contributed by atoms with Crippen molar-refractivity contribution < 1.29 is 14.3 Å². The van der Waals surface area contributed by atoms with Crippen LogP contribution in [0.1, 0.15) is 32.8 Å². The molecule has 0 saturated heterocycles. The zero-order chi connectivity index (χ0) is 17.4. The third-order valence-electron chi connectivity index (χ3n) is 3.61. The van der Waals surface area contributed by atoms with Crippen LogP contribution in [0.5, 0.6) is 5.75 Å². The maximum absolute atomic E-state index is 11.4. The quantitative estimate of drug-likeness (QED) is 0.440. The molecule has 0 bridgehead atoms. The average Bonchev–Trinajstić information content (AvgIpc) is 2.55. The maximum atomic E-state index is 11.4. The molecular formula is C21H24O3. The Hall–Kier alpha value is -2.55. The minimum Gasteiger partial charge on any atom is -0.493 e. The second kappa shape index (κ2) is 8.92. The lowest BCUT2D eigenvalue weighted by Gasteiger charge is -2.20. The van der Waals surface area contributed by atoms with Gasteiger partial charge in [-0.15, -0.1) is 0 Å². The van der Waals surface area contributed by atoms with Crippen LogP contribution >= 0.6 is 0 Å². The van der Waals surface area contributed by atoms with E-state index in [9.17, 15) is 4.79 Å². The first kappa shape index (κ1) is 17.8. The van der Waals surface area contributed by atoms with Crippen LogP contribution in [0.3, 0.4) is 0 Å². The van der Waals surface area contributed by atoms with Gasteiger partial charge in [0.1, 0.15) is 5.75 Å². The van der Waals surface area contributed by atoms with Crippen LogP contribution in [0.25, 0.3) is 5.57 Å². The molecule has 1 aliphatic heterocycles. The molecule has 1 heterocycles. The number of rotatable bonds is 5. The van der Waals surface area contributed by atoms with Gasteiger partial charge in [-0.05, 0) is 38.0 Å². The molecule has 0 aliphatic carbocycles. The van der Waals surface area contributed by atoms with E-state index in [0.717, 1.165) is 23.3 Å². The van der Waals surface area contributed by atoms with Crippen LogP contribution in [0.4, 0.5) is 0 Å². The fourth-order valence-corrected chi connectivity index (χ4v) is 2.51. The summed E-state index contributed by atoms with van der Waals surface area (Å²) in [6.07, 6.45) is 10.5. The van der Waals surface area contributed by atoms with Crippen molar-refractivity contribution in [1.29, 1.82) is 0 Å². The van der Waals surface area contributed by atoms with Crippen LogP contribution < -0.4 is 4.74 Å². The van der Waals surface area contributed by atoms with E-state index >= 15 is 0 Å². The van der Waals surface area contributed by atoms with Crippen molar-refractivity contribution in [3.63, 3.8) is 0 Å². The largest absolute Gasteiger partial charge is 0.493 e. The van der Waals surface area contributed by atoms with Crippen molar-refractivity contribution in [3.8, 4) is 5.75 Å². The Balaban J connectivity index is 2.07. The van der Waals surface area contributed by atoms with Crippen molar-refractivity contribution in [1.82, 2.24) is 0 Å². The van der Waals surface area contributed by atoms with Crippen molar-refractivity contribution in [2.75, 3.05) is 13.2 Å². The number of benzene rings is 1. The molecule has 0 unspecified atom stereocenters. The highest BCUT2D eigenvalue weighted by atomic mass is 16.5. The van der Waals surface area contributed by atoms with E-state index in [2.05, 4.69) is 19.1 Å². The van der Waals surface area contributed by atoms with E-state index in [-0.39, 0.29) is 5.97 Å². The van der Waals surface area contributed by atoms with Gasteiger partial charge < -0.3 is 9.47 Å². The van der Waals surface area contributed by atoms with Crippen molar-refractivity contribution in [2.45, 2.75) is 27.2 Å². The van der Waals surface area contributed by atoms with Crippen LogP contribution in [0.15, 0.2) is 65.8 Å². The lowest BCUT2D eigenvalue weighted by Crippen LogP contribution is -2.07. The maximum Gasteiger partial charge on any atom is 0.330 e. The second-order valence-corrected chi connectivity index (χ2v) is 5.67. The number of carbonyl (C=O) groups excluding carboxylic acids is 1. The van der Waals surface area contributed by atoms with Gasteiger partial charge in [-0.25, -0.2) is 4.79 Å². The smallest absolute Gasteiger partial charge is 0.330 e. The van der Waals surface area contributed by atoms with Gasteiger partial charge in [-0.2, -0.15) is 0 Å². The SMILES string of the molecule is CCOC(=O)/C=C(C)/C=C/C=C(C)\C=C1/CCOc2ccccc21. The lowest BCUT2D eigenvalue weighted by molar-refractivity contribution is -0.137. The van der Waals surface area contributed by atoms with Gasteiger partial charge in [0.2, 0.25) is 0 Å². The fourth-order valence-electron chi connectivity index (χ4n) is 2.51. The van der Waals surface area contributed by atoms with Crippen LogP contribution in [0, 0.1) is 0 Å². The van der Waals surface area contributed by atoms with Crippen molar-refractivity contribution in [3.05, 3.63) is 71.4 Å². The van der Waals surface area contributed by atoms with Gasteiger partial charge in [-0.3, -0.25) is 0 Å². The van der Waals surface area contributed by atoms with E-state index in [1.165, 1.54) is 17.2 Å². The Kier molecular flexibility index (Phi) is 6.62. The van der Waals surface area contributed by atoms with E-state index in [0.29, 0.717) is 13.2 Å². The lowest BCUT2D eigenvalue weighted by atomic mass is 9.97. The first-order chi connectivity index (χ1) is 11.6. The van der Waals surface area contributed by atoms with Crippen LogP contribution in [-0.4, -0.2) is 19.2 Å². The van der Waals surface area contributed by atoms with Crippen LogP contribution in [0.2, 0.25) is 0 Å². The summed E-state index contributed by atoms with van der Waals surface area (Å²) in [6.45, 7) is 6.85. The molecule has 0 spiro atoms. The molecule has 0 aromatic heterocycles. The van der Waals surface area contributed by atoms with Gasteiger partial charge in [-0.1, -0.05) is 48.1 Å². The topological polar surface area (TPSA) is 35.5 Å². The highest BCUT2D eigenvalue weighted by Crippen LogP contribution is 2.33. The third-order valence-corrected chi connectivity index (χ3v) is 3.61. The summed E-state index contributed by atoms with van der Waals surface area (Å²) in [7, 11) is 0. The summed E-state index contributed by atoms with van der Waals surface area (Å²) < 4.78 is 10.6. The fraction of sp³-hybridized carbons (Fsp3) is 0.286. The Morgan fingerprint density at radius 1 is 1.25 bits per heavy atom. The number of hydrogen-bond donors (Lipinski definition) is 0. The van der Waals surface area contributed by atoms with Crippen molar-refractivity contribution >= 4 is 11.5 Å². The number of allylic oxidation sites excluding steroid dienone is 6. The minimum atomic E-state index is -0.304. The number of para-hydroxylation sites is 1. The van der Waals surface area contributed by atoms with Gasteiger partial charge in [0.15, 0.2) is 0 Å². The molecular weight excluding hydrogens is 300 g/mol. The molecule has 126 valence electrons. The Labute approximate surface area is 144 Å². The molecule has 0 amide bonds. The number of ether oxygens (including phenoxy) is 2. The van der Waals surface area contributed by atoms with Gasteiger partial charge in [0.25, 0.3) is 0 Å². The van der Waals surface area contributed by atoms with Gasteiger partial charge in [0.05, 0.1) is 13.2 Å². The highest BCUT2D eigenvalue weighted by Gasteiger charge is 2.13. The summed E-state index contributed by atoms with van der Waals surface area (Å²) in [4.78, 5) is 11.4. The summed E-state index contributed by atoms with van der Waals surface area (Å²) in [6, 6.07) is 8.12. The predicted octanol–water partition coefficient (Wildman–Crippen LogP) is 4.86. The van der Waals surface area contributed by atoms with E-state index < -0.39 is 0 Å². The Bertz CT molecular complexity index is 706. The van der Waals surface area contributed by atoms with Gasteiger partial charge >= 0.3 is 5.97 Å². The molecule has 0 saturated carbocycles. The van der Waals surface area contributed by atoms with Gasteiger partial charge in [0, 0.05) is 18.1 Å². The number of hydrogen-bond acceptors (Lipinski definition) is 3. The molecule has 3 nitrogen and oxygen atoms in total. The number of fused-ring (bicyclic) bond motifs is 1. The summed E-state index contributed by atoms with van der Waals surface area (Å²) in [5.41, 5.74) is 4.47. The second-order valence-electron chi connectivity index (χ2n) is 5.67. The monoisotopic (exact) mass is 324 g/mol. The standard InChI is InChI=1S/C21H24O3/c1-4-23-21(22)15-17(3)9-7-8-16(2)14-18-12-13-24-20-11-6-5-10-19(18)20/h5-11,14-15H,4,12-13H2,1-3H3/b9-7+,16-8-,17-15+,18-14+. The molecule has 0 fully saturated rings.